The molecule has 0 fully saturated rings. The lowest BCUT2D eigenvalue weighted by Gasteiger charge is -2.17. The second-order valence-electron chi connectivity index (χ2n) is 4.17. The minimum Gasteiger partial charge on any atom is -0.267 e. The summed E-state index contributed by atoms with van der Waals surface area (Å²) in [6.45, 7) is 0. The third-order valence-corrected chi connectivity index (χ3v) is 3.35. The van der Waals surface area contributed by atoms with Crippen molar-refractivity contribution in [3.63, 3.8) is 0 Å². The zero-order valence-electron chi connectivity index (χ0n) is 10.7. The monoisotopic (exact) mass is 349 g/mol. The fourth-order valence-electron chi connectivity index (χ4n) is 1.62. The molecule has 0 bridgehead atoms. The fraction of sp³-hybridized carbons (Fsp3) is 0.0769. The van der Waals surface area contributed by atoms with Gasteiger partial charge in [-0.15, -0.1) is 0 Å². The SMILES string of the molecule is NN(C(=O)c1c(Cl)cccc1Cl)c1ccc(C(F)(F)F)cn1. The van der Waals surface area contributed by atoms with E-state index in [9.17, 15) is 18.0 Å². The van der Waals surface area contributed by atoms with Crippen LogP contribution in [-0.2, 0) is 6.18 Å². The zero-order chi connectivity index (χ0) is 16.5. The average Bonchev–Trinajstić information content (AvgIpc) is 2.45. The molecule has 2 N–H and O–H groups in total. The molecule has 1 aromatic heterocycles. The molecule has 0 spiro atoms. The highest BCUT2D eigenvalue weighted by Gasteiger charge is 2.31. The molecule has 0 aliphatic rings. The summed E-state index contributed by atoms with van der Waals surface area (Å²) in [5, 5.41) is 0.715. The molecule has 2 rings (SSSR count). The molecule has 0 saturated carbocycles. The topological polar surface area (TPSA) is 59.2 Å². The van der Waals surface area contributed by atoms with Crippen LogP contribution in [0.5, 0.6) is 0 Å². The lowest BCUT2D eigenvalue weighted by Crippen LogP contribution is -2.38. The van der Waals surface area contributed by atoms with E-state index in [-0.39, 0.29) is 21.4 Å². The Balaban J connectivity index is 2.32. The van der Waals surface area contributed by atoms with Gasteiger partial charge in [0.25, 0.3) is 5.91 Å². The van der Waals surface area contributed by atoms with Gasteiger partial charge in [0.05, 0.1) is 21.2 Å². The van der Waals surface area contributed by atoms with Crippen LogP contribution in [0.3, 0.4) is 0 Å². The van der Waals surface area contributed by atoms with Crippen molar-refractivity contribution in [1.82, 2.24) is 4.98 Å². The fourth-order valence-corrected chi connectivity index (χ4v) is 2.18. The summed E-state index contributed by atoms with van der Waals surface area (Å²) in [5.74, 6) is 4.63. The Bertz CT molecular complexity index is 684. The second kappa shape index (κ2) is 6.12. The average molecular weight is 350 g/mol. The summed E-state index contributed by atoms with van der Waals surface area (Å²) < 4.78 is 37.4. The van der Waals surface area contributed by atoms with Crippen LogP contribution in [0.25, 0.3) is 0 Å². The van der Waals surface area contributed by atoms with Crippen molar-refractivity contribution in [2.45, 2.75) is 6.18 Å². The van der Waals surface area contributed by atoms with Gasteiger partial charge in [-0.3, -0.25) is 4.79 Å². The van der Waals surface area contributed by atoms with E-state index in [0.717, 1.165) is 12.1 Å². The van der Waals surface area contributed by atoms with Crippen LogP contribution in [0.15, 0.2) is 36.5 Å². The van der Waals surface area contributed by atoms with Gasteiger partial charge in [-0.25, -0.2) is 15.8 Å². The molecule has 1 heterocycles. The van der Waals surface area contributed by atoms with Crippen LogP contribution in [0, 0.1) is 0 Å². The van der Waals surface area contributed by atoms with Gasteiger partial charge in [0.2, 0.25) is 0 Å². The third-order valence-electron chi connectivity index (χ3n) is 2.72. The molecule has 4 nitrogen and oxygen atoms in total. The highest BCUT2D eigenvalue weighted by Crippen LogP contribution is 2.30. The quantitative estimate of drug-likeness (QED) is 0.507. The van der Waals surface area contributed by atoms with E-state index < -0.39 is 17.6 Å². The van der Waals surface area contributed by atoms with E-state index in [2.05, 4.69) is 4.98 Å². The number of hydrazine groups is 1. The van der Waals surface area contributed by atoms with E-state index in [0.29, 0.717) is 11.2 Å². The number of hydrogen-bond donors (Lipinski definition) is 1. The molecule has 0 unspecified atom stereocenters. The predicted octanol–water partition coefficient (Wildman–Crippen LogP) is 3.93. The van der Waals surface area contributed by atoms with E-state index in [4.69, 9.17) is 29.0 Å². The number of pyridine rings is 1. The van der Waals surface area contributed by atoms with Gasteiger partial charge in [0.15, 0.2) is 0 Å². The van der Waals surface area contributed by atoms with Gasteiger partial charge in [-0.05, 0) is 24.3 Å². The molecule has 1 amide bonds. The van der Waals surface area contributed by atoms with Crippen LogP contribution in [0.2, 0.25) is 10.0 Å². The number of halogens is 5. The number of hydrogen-bond acceptors (Lipinski definition) is 3. The van der Waals surface area contributed by atoms with Crippen LogP contribution in [0.1, 0.15) is 15.9 Å². The molecular weight excluding hydrogens is 342 g/mol. The molecule has 9 heteroatoms. The smallest absolute Gasteiger partial charge is 0.267 e. The van der Waals surface area contributed by atoms with Gasteiger partial charge >= 0.3 is 6.18 Å². The maximum absolute atomic E-state index is 12.5. The number of benzene rings is 1. The van der Waals surface area contributed by atoms with Gasteiger partial charge in [-0.1, -0.05) is 29.3 Å². The van der Waals surface area contributed by atoms with Crippen LogP contribution >= 0.6 is 23.2 Å². The number of anilines is 1. The number of nitrogens with zero attached hydrogens (tertiary/aromatic N) is 2. The van der Waals surface area contributed by atoms with Crippen LogP contribution in [-0.4, -0.2) is 10.9 Å². The lowest BCUT2D eigenvalue weighted by molar-refractivity contribution is -0.137. The van der Waals surface area contributed by atoms with Gasteiger partial charge in [0, 0.05) is 6.20 Å². The number of nitrogens with two attached hydrogens (primary N) is 1. The van der Waals surface area contributed by atoms with E-state index in [1.54, 1.807) is 6.07 Å². The molecule has 1 aromatic carbocycles. The first-order valence-corrected chi connectivity index (χ1v) is 6.54. The molecule has 22 heavy (non-hydrogen) atoms. The third kappa shape index (κ3) is 3.32. The van der Waals surface area contributed by atoms with Gasteiger partial charge < -0.3 is 0 Å². The molecule has 0 saturated heterocycles. The van der Waals surface area contributed by atoms with Gasteiger partial charge in [0.1, 0.15) is 5.82 Å². The zero-order valence-corrected chi connectivity index (χ0v) is 12.2. The van der Waals surface area contributed by atoms with Crippen molar-refractivity contribution in [3.05, 3.63) is 57.7 Å². The molecule has 0 aliphatic heterocycles. The highest BCUT2D eigenvalue weighted by molar-refractivity contribution is 6.40. The maximum Gasteiger partial charge on any atom is 0.417 e. The summed E-state index contributed by atoms with van der Waals surface area (Å²) in [5.41, 5.74) is -1.01. The number of carbonyl (C=O) groups is 1. The Hall–Kier alpha value is -1.83. The largest absolute Gasteiger partial charge is 0.417 e. The number of rotatable bonds is 2. The lowest BCUT2D eigenvalue weighted by atomic mass is 10.2. The first kappa shape index (κ1) is 16.5. The predicted molar refractivity (Wildman–Crippen MR) is 76.7 cm³/mol. The Morgan fingerprint density at radius 3 is 2.18 bits per heavy atom. The Morgan fingerprint density at radius 2 is 1.73 bits per heavy atom. The van der Waals surface area contributed by atoms with Crippen molar-refractivity contribution >= 4 is 34.9 Å². The second-order valence-corrected chi connectivity index (χ2v) is 4.99. The normalized spacial score (nSPS) is 11.4. The number of alkyl halides is 3. The standard InChI is InChI=1S/C13H8Cl2F3N3O/c14-8-2-1-3-9(15)11(8)12(22)21(19)10-5-4-7(6-20-10)13(16,17)18/h1-6H,19H2. The summed E-state index contributed by atoms with van der Waals surface area (Å²) in [4.78, 5) is 15.8. The first-order valence-electron chi connectivity index (χ1n) is 5.78. The van der Waals surface area contributed by atoms with E-state index >= 15 is 0 Å². The summed E-state index contributed by atoms with van der Waals surface area (Å²) >= 11 is 11.8. The van der Waals surface area contributed by atoms with Crippen LogP contribution in [0.4, 0.5) is 19.0 Å². The molecule has 2 aromatic rings. The van der Waals surface area contributed by atoms with Crippen LogP contribution < -0.4 is 10.9 Å². The van der Waals surface area contributed by atoms with Crippen molar-refractivity contribution in [3.8, 4) is 0 Å². The van der Waals surface area contributed by atoms with Crippen molar-refractivity contribution in [1.29, 1.82) is 0 Å². The molecule has 0 aliphatic carbocycles. The Morgan fingerprint density at radius 1 is 1.14 bits per heavy atom. The Labute approximate surface area is 133 Å². The van der Waals surface area contributed by atoms with Crippen molar-refractivity contribution < 1.29 is 18.0 Å². The van der Waals surface area contributed by atoms with E-state index in [1.165, 1.54) is 12.1 Å². The molecule has 0 radical (unpaired) electrons. The first-order chi connectivity index (χ1) is 10.2. The minimum atomic E-state index is -4.53. The Kier molecular flexibility index (Phi) is 4.60. The number of carbonyl (C=O) groups excluding carboxylic acids is 1. The maximum atomic E-state index is 12.5. The molecule has 0 atom stereocenters. The molecule has 116 valence electrons. The van der Waals surface area contributed by atoms with Crippen molar-refractivity contribution in [2.24, 2.45) is 5.84 Å². The summed E-state index contributed by atoms with van der Waals surface area (Å²) in [6.07, 6.45) is -3.95. The number of aromatic nitrogens is 1. The summed E-state index contributed by atoms with van der Waals surface area (Å²) in [6, 6.07) is 6.16. The van der Waals surface area contributed by atoms with E-state index in [1.807, 2.05) is 0 Å². The summed E-state index contributed by atoms with van der Waals surface area (Å²) in [7, 11) is 0. The minimum absolute atomic E-state index is 0.0602. The van der Waals surface area contributed by atoms with Gasteiger partial charge in [-0.2, -0.15) is 13.2 Å². The number of amides is 1. The van der Waals surface area contributed by atoms with Crippen molar-refractivity contribution in [2.75, 3.05) is 5.01 Å². The molecular formula is C13H8Cl2F3N3O. The highest BCUT2D eigenvalue weighted by atomic mass is 35.5.